The highest BCUT2D eigenvalue weighted by molar-refractivity contribution is 7.92. The summed E-state index contributed by atoms with van der Waals surface area (Å²) >= 11 is 0. The second kappa shape index (κ2) is 14.6. The highest BCUT2D eigenvalue weighted by Gasteiger charge is 2.33. The van der Waals surface area contributed by atoms with Crippen LogP contribution in [0.25, 0.3) is 0 Å². The van der Waals surface area contributed by atoms with Gasteiger partial charge in [-0.3, -0.25) is 13.9 Å². The number of benzene rings is 3. The SMILES string of the molecule is CCC(C)NC(=O)C(C)N(Cc1cccc(OC)c1)C(=O)CN(c1ccccc1)S(=O)(=O)c1ccc(OC)c(OC)c1. The Bertz CT molecular complexity index is 1460. The van der Waals surface area contributed by atoms with Crippen LogP contribution in [0, 0.1) is 0 Å². The number of methoxy groups -OCH3 is 3. The molecule has 42 heavy (non-hydrogen) atoms. The molecule has 0 fully saturated rings. The lowest BCUT2D eigenvalue weighted by atomic mass is 10.1. The Morgan fingerprint density at radius 2 is 1.55 bits per heavy atom. The van der Waals surface area contributed by atoms with Crippen molar-refractivity contribution in [1.29, 1.82) is 0 Å². The van der Waals surface area contributed by atoms with Crippen LogP contribution < -0.4 is 23.8 Å². The summed E-state index contributed by atoms with van der Waals surface area (Å²) in [4.78, 5) is 28.5. The van der Waals surface area contributed by atoms with Gasteiger partial charge in [-0.1, -0.05) is 37.3 Å². The molecule has 0 aliphatic heterocycles. The predicted octanol–water partition coefficient (Wildman–Crippen LogP) is 4.24. The molecule has 3 rings (SSSR count). The van der Waals surface area contributed by atoms with E-state index in [1.807, 2.05) is 19.9 Å². The second-order valence-corrected chi connectivity index (χ2v) is 11.6. The zero-order chi connectivity index (χ0) is 30.9. The molecule has 2 amide bonds. The van der Waals surface area contributed by atoms with Crippen LogP contribution in [0.2, 0.25) is 0 Å². The van der Waals surface area contributed by atoms with E-state index < -0.39 is 28.5 Å². The fourth-order valence-corrected chi connectivity index (χ4v) is 5.67. The highest BCUT2D eigenvalue weighted by Crippen LogP contribution is 2.32. The summed E-state index contributed by atoms with van der Waals surface area (Å²) in [5.41, 5.74) is 1.01. The molecule has 0 saturated carbocycles. The smallest absolute Gasteiger partial charge is 0.264 e. The highest BCUT2D eigenvalue weighted by atomic mass is 32.2. The van der Waals surface area contributed by atoms with Crippen LogP contribution in [-0.2, 0) is 26.2 Å². The molecule has 10 nitrogen and oxygen atoms in total. The number of sulfonamides is 1. The van der Waals surface area contributed by atoms with Crippen molar-refractivity contribution < 1.29 is 32.2 Å². The van der Waals surface area contributed by atoms with E-state index in [0.717, 1.165) is 9.87 Å². The molecule has 0 aromatic heterocycles. The Kier molecular flexibility index (Phi) is 11.2. The summed E-state index contributed by atoms with van der Waals surface area (Å²) in [5, 5.41) is 2.92. The van der Waals surface area contributed by atoms with Crippen molar-refractivity contribution in [3.8, 4) is 17.2 Å². The first-order valence-electron chi connectivity index (χ1n) is 13.6. The number of ether oxygens (including phenoxy) is 3. The fourth-order valence-electron chi connectivity index (χ4n) is 4.24. The van der Waals surface area contributed by atoms with Gasteiger partial charge in [0.2, 0.25) is 11.8 Å². The summed E-state index contributed by atoms with van der Waals surface area (Å²) in [6, 6.07) is 18.8. The van der Waals surface area contributed by atoms with Crippen LogP contribution >= 0.6 is 0 Å². The van der Waals surface area contributed by atoms with E-state index in [1.54, 1.807) is 62.6 Å². The lowest BCUT2D eigenvalue weighted by Gasteiger charge is -2.32. The van der Waals surface area contributed by atoms with Gasteiger partial charge in [0.25, 0.3) is 10.0 Å². The van der Waals surface area contributed by atoms with Gasteiger partial charge in [-0.2, -0.15) is 0 Å². The molecule has 2 atom stereocenters. The first-order valence-corrected chi connectivity index (χ1v) is 15.0. The second-order valence-electron chi connectivity index (χ2n) is 9.73. The van der Waals surface area contributed by atoms with Gasteiger partial charge in [-0.25, -0.2) is 8.42 Å². The minimum atomic E-state index is -4.26. The van der Waals surface area contributed by atoms with Gasteiger partial charge in [0.05, 0.1) is 31.9 Å². The molecule has 2 unspecified atom stereocenters. The molecular formula is C31H39N3O7S. The van der Waals surface area contributed by atoms with Crippen LogP contribution in [0.1, 0.15) is 32.8 Å². The molecule has 0 saturated heterocycles. The number of rotatable bonds is 14. The molecule has 0 aliphatic carbocycles. The predicted molar refractivity (Wildman–Crippen MR) is 161 cm³/mol. The fraction of sp³-hybridized carbons (Fsp3) is 0.355. The third-order valence-electron chi connectivity index (χ3n) is 6.92. The van der Waals surface area contributed by atoms with Gasteiger partial charge >= 0.3 is 0 Å². The molecule has 3 aromatic carbocycles. The maximum Gasteiger partial charge on any atom is 0.264 e. The molecule has 11 heteroatoms. The van der Waals surface area contributed by atoms with Gasteiger partial charge in [0.1, 0.15) is 18.3 Å². The van der Waals surface area contributed by atoms with Crippen LogP contribution in [0.4, 0.5) is 5.69 Å². The van der Waals surface area contributed by atoms with Gasteiger partial charge in [0.15, 0.2) is 11.5 Å². The van der Waals surface area contributed by atoms with E-state index in [-0.39, 0.29) is 29.1 Å². The van der Waals surface area contributed by atoms with E-state index in [9.17, 15) is 18.0 Å². The minimum Gasteiger partial charge on any atom is -0.497 e. The van der Waals surface area contributed by atoms with E-state index in [0.29, 0.717) is 23.6 Å². The maximum atomic E-state index is 14.1. The van der Waals surface area contributed by atoms with Crippen LogP contribution in [-0.4, -0.2) is 65.1 Å². The van der Waals surface area contributed by atoms with Gasteiger partial charge in [-0.05, 0) is 62.2 Å². The summed E-state index contributed by atoms with van der Waals surface area (Å²) < 4.78 is 45.1. The Morgan fingerprint density at radius 1 is 0.857 bits per heavy atom. The van der Waals surface area contributed by atoms with Gasteiger partial charge < -0.3 is 24.4 Å². The molecule has 0 aliphatic rings. The summed E-state index contributed by atoms with van der Waals surface area (Å²) in [6.45, 7) is 4.97. The van der Waals surface area contributed by atoms with Crippen LogP contribution in [0.15, 0.2) is 77.7 Å². The first kappa shape index (κ1) is 32.3. The van der Waals surface area contributed by atoms with Crippen molar-refractivity contribution in [1.82, 2.24) is 10.2 Å². The summed E-state index contributed by atoms with van der Waals surface area (Å²) in [5.74, 6) is 0.294. The van der Waals surface area contributed by atoms with Crippen molar-refractivity contribution in [2.75, 3.05) is 32.2 Å². The van der Waals surface area contributed by atoms with E-state index in [1.165, 1.54) is 37.3 Å². The van der Waals surface area contributed by atoms with Crippen LogP contribution in [0.5, 0.6) is 17.2 Å². The third kappa shape index (κ3) is 7.73. The molecule has 226 valence electrons. The van der Waals surface area contributed by atoms with E-state index >= 15 is 0 Å². The van der Waals surface area contributed by atoms with Gasteiger partial charge in [-0.15, -0.1) is 0 Å². The Morgan fingerprint density at radius 3 is 2.17 bits per heavy atom. The van der Waals surface area contributed by atoms with Crippen molar-refractivity contribution >= 4 is 27.5 Å². The number of carbonyl (C=O) groups is 2. The molecular weight excluding hydrogens is 558 g/mol. The number of amides is 2. The van der Waals surface area contributed by atoms with Crippen LogP contribution in [0.3, 0.4) is 0 Å². The number of carbonyl (C=O) groups excluding carboxylic acids is 2. The zero-order valence-electron chi connectivity index (χ0n) is 24.9. The average molecular weight is 598 g/mol. The van der Waals surface area contributed by atoms with Gasteiger partial charge in [0, 0.05) is 18.7 Å². The summed E-state index contributed by atoms with van der Waals surface area (Å²) in [7, 11) is 0.146. The Balaban J connectivity index is 2.05. The van der Waals surface area contributed by atoms with E-state index in [4.69, 9.17) is 14.2 Å². The summed E-state index contributed by atoms with van der Waals surface area (Å²) in [6.07, 6.45) is 0.716. The molecule has 0 spiro atoms. The lowest BCUT2D eigenvalue weighted by Crippen LogP contribution is -2.52. The number of anilines is 1. The first-order chi connectivity index (χ1) is 20.0. The maximum absolute atomic E-state index is 14.1. The number of nitrogens with zero attached hydrogens (tertiary/aromatic N) is 2. The normalized spacial score (nSPS) is 12.5. The number of nitrogens with one attached hydrogen (secondary N) is 1. The zero-order valence-corrected chi connectivity index (χ0v) is 25.7. The lowest BCUT2D eigenvalue weighted by molar-refractivity contribution is -0.139. The Labute approximate surface area is 248 Å². The Hall–Kier alpha value is -4.25. The number of hydrogen-bond acceptors (Lipinski definition) is 7. The average Bonchev–Trinajstić information content (AvgIpc) is 3.01. The molecule has 1 N–H and O–H groups in total. The third-order valence-corrected chi connectivity index (χ3v) is 8.69. The van der Waals surface area contributed by atoms with E-state index in [2.05, 4.69) is 5.32 Å². The number of para-hydroxylation sites is 1. The van der Waals surface area contributed by atoms with Crippen molar-refractivity contribution in [3.63, 3.8) is 0 Å². The van der Waals surface area contributed by atoms with Crippen molar-refractivity contribution in [2.24, 2.45) is 0 Å². The number of hydrogen-bond donors (Lipinski definition) is 1. The van der Waals surface area contributed by atoms with Crippen molar-refractivity contribution in [3.05, 3.63) is 78.4 Å². The monoisotopic (exact) mass is 597 g/mol. The standard InChI is InChI=1S/C31H39N3O7S/c1-7-22(2)32-31(36)23(3)33(20-24-12-11-15-26(18-24)39-4)30(35)21-34(25-13-9-8-10-14-25)42(37,38)27-16-17-28(40-5)29(19-27)41-6/h8-19,22-23H,7,20-21H2,1-6H3,(H,32,36). The topological polar surface area (TPSA) is 114 Å². The quantitative estimate of drug-likeness (QED) is 0.296. The largest absolute Gasteiger partial charge is 0.497 e. The molecule has 0 heterocycles. The molecule has 3 aromatic rings. The molecule has 0 bridgehead atoms. The van der Waals surface area contributed by atoms with Crippen molar-refractivity contribution in [2.45, 2.75) is 50.7 Å². The minimum absolute atomic E-state index is 0.0597. The molecule has 0 radical (unpaired) electrons.